The summed E-state index contributed by atoms with van der Waals surface area (Å²) < 4.78 is 7.25. The lowest BCUT2D eigenvalue weighted by Gasteiger charge is -2.22. The van der Waals surface area contributed by atoms with Crippen LogP contribution in [0.5, 0.6) is 0 Å². The second-order valence-corrected chi connectivity index (χ2v) is 7.43. The summed E-state index contributed by atoms with van der Waals surface area (Å²) in [6, 6.07) is 10.2. The fraction of sp³-hybridized carbons (Fsp3) is 0.316. The monoisotopic (exact) mass is 368 g/mol. The lowest BCUT2D eigenvalue weighted by Crippen LogP contribution is -2.37. The third-order valence-electron chi connectivity index (χ3n) is 4.74. The molecule has 1 aromatic carbocycles. The molecule has 3 aromatic rings. The smallest absolute Gasteiger partial charge is 0.237 e. The number of thioether (sulfide) groups is 1. The molecule has 0 fully saturated rings. The Bertz CT molecular complexity index is 962. The van der Waals surface area contributed by atoms with Crippen LogP contribution >= 0.6 is 11.8 Å². The number of hydrogen-bond acceptors (Lipinski definition) is 5. The number of aryl methyl sites for hydroxylation is 1. The van der Waals surface area contributed by atoms with E-state index in [9.17, 15) is 4.79 Å². The zero-order chi connectivity index (χ0) is 18.3. The molecule has 0 radical (unpaired) electrons. The topological polar surface area (TPSA) is 64.2 Å². The first-order valence-electron chi connectivity index (χ1n) is 8.53. The summed E-state index contributed by atoms with van der Waals surface area (Å²) in [7, 11) is 1.91. The quantitative estimate of drug-likeness (QED) is 0.660. The van der Waals surface area contributed by atoms with Crippen molar-refractivity contribution in [3.8, 4) is 11.4 Å². The molecular weight excluding hydrogens is 348 g/mol. The molecule has 1 aliphatic rings. The maximum atomic E-state index is 12.8. The summed E-state index contributed by atoms with van der Waals surface area (Å²) in [5.74, 6) is 1.97. The van der Waals surface area contributed by atoms with Crippen molar-refractivity contribution in [2.45, 2.75) is 31.5 Å². The van der Waals surface area contributed by atoms with Crippen LogP contribution in [-0.2, 0) is 18.3 Å². The van der Waals surface area contributed by atoms with Gasteiger partial charge in [-0.15, -0.1) is 10.2 Å². The van der Waals surface area contributed by atoms with Crippen molar-refractivity contribution in [3.63, 3.8) is 0 Å². The first-order chi connectivity index (χ1) is 12.6. The Morgan fingerprint density at radius 3 is 2.88 bits per heavy atom. The molecule has 4 rings (SSSR count). The summed E-state index contributed by atoms with van der Waals surface area (Å²) in [6.07, 6.45) is 2.54. The van der Waals surface area contributed by atoms with Crippen LogP contribution in [0.1, 0.15) is 18.2 Å². The number of aromatic nitrogens is 3. The first kappa shape index (κ1) is 16.9. The second kappa shape index (κ2) is 6.64. The molecule has 0 saturated carbocycles. The van der Waals surface area contributed by atoms with Crippen molar-refractivity contribution < 1.29 is 9.21 Å². The third kappa shape index (κ3) is 2.82. The van der Waals surface area contributed by atoms with Gasteiger partial charge in [-0.2, -0.15) is 0 Å². The number of hydrogen-bond donors (Lipinski definition) is 0. The number of carbonyl (C=O) groups is 1. The van der Waals surface area contributed by atoms with Crippen LogP contribution in [0.15, 0.2) is 46.2 Å². The summed E-state index contributed by atoms with van der Waals surface area (Å²) in [5.41, 5.74) is 3.17. The molecule has 3 heterocycles. The van der Waals surface area contributed by atoms with Crippen LogP contribution in [0.3, 0.4) is 0 Å². The summed E-state index contributed by atoms with van der Waals surface area (Å²) in [4.78, 5) is 14.7. The van der Waals surface area contributed by atoms with Gasteiger partial charge in [-0.05, 0) is 38.0 Å². The fourth-order valence-corrected chi connectivity index (χ4v) is 4.20. The predicted octanol–water partition coefficient (Wildman–Crippen LogP) is 3.45. The Morgan fingerprint density at radius 1 is 1.31 bits per heavy atom. The van der Waals surface area contributed by atoms with Crippen LogP contribution in [-0.4, -0.2) is 32.5 Å². The summed E-state index contributed by atoms with van der Waals surface area (Å²) in [5, 5.41) is 9.21. The van der Waals surface area contributed by atoms with Gasteiger partial charge in [0.05, 0.1) is 17.6 Å². The molecule has 1 amide bonds. The molecule has 0 saturated heterocycles. The average molecular weight is 368 g/mol. The number of fused-ring (bicyclic) bond motifs is 1. The van der Waals surface area contributed by atoms with Crippen molar-refractivity contribution in [1.29, 1.82) is 0 Å². The standard InChI is InChI=1S/C19H20N4O2S/c1-12-10-14-6-4-5-7-16(14)23(12)17(24)11-26-19-21-20-18(22(19)3)15-8-9-25-13(15)2/h4-9,12H,10-11H2,1-3H3/t12-/m0/s1. The van der Waals surface area contributed by atoms with E-state index < -0.39 is 0 Å². The highest BCUT2D eigenvalue weighted by atomic mass is 32.2. The lowest BCUT2D eigenvalue weighted by molar-refractivity contribution is -0.116. The fourth-order valence-electron chi connectivity index (χ4n) is 3.43. The number of nitrogens with zero attached hydrogens (tertiary/aromatic N) is 4. The van der Waals surface area contributed by atoms with Gasteiger partial charge in [-0.1, -0.05) is 30.0 Å². The molecule has 0 unspecified atom stereocenters. The minimum atomic E-state index is 0.0940. The van der Waals surface area contributed by atoms with E-state index in [1.165, 1.54) is 17.3 Å². The van der Waals surface area contributed by atoms with E-state index in [0.29, 0.717) is 10.9 Å². The molecule has 1 atom stereocenters. The number of amides is 1. The lowest BCUT2D eigenvalue weighted by atomic mass is 10.1. The van der Waals surface area contributed by atoms with Crippen LogP contribution in [0.25, 0.3) is 11.4 Å². The number of rotatable bonds is 4. The second-order valence-electron chi connectivity index (χ2n) is 6.49. The van der Waals surface area contributed by atoms with Crippen molar-refractivity contribution in [2.75, 3.05) is 10.7 Å². The van der Waals surface area contributed by atoms with Gasteiger partial charge in [0, 0.05) is 18.8 Å². The zero-order valence-electron chi connectivity index (χ0n) is 15.0. The number of furan rings is 1. The highest BCUT2D eigenvalue weighted by molar-refractivity contribution is 7.99. The van der Waals surface area contributed by atoms with Crippen LogP contribution in [0.4, 0.5) is 5.69 Å². The number of anilines is 1. The van der Waals surface area contributed by atoms with E-state index in [1.54, 1.807) is 6.26 Å². The molecule has 7 heteroatoms. The SMILES string of the molecule is Cc1occc1-c1nnc(SCC(=O)N2c3ccccc3C[C@@H]2C)n1C. The van der Waals surface area contributed by atoms with E-state index in [2.05, 4.69) is 23.2 Å². The Kier molecular flexibility index (Phi) is 4.32. The Morgan fingerprint density at radius 2 is 2.12 bits per heavy atom. The highest BCUT2D eigenvalue weighted by Crippen LogP contribution is 2.33. The molecule has 0 aliphatic carbocycles. The Labute approximate surface area is 156 Å². The van der Waals surface area contributed by atoms with Gasteiger partial charge in [0.15, 0.2) is 11.0 Å². The van der Waals surface area contributed by atoms with Crippen LogP contribution < -0.4 is 4.90 Å². The average Bonchev–Trinajstić information content (AvgIpc) is 3.29. The van der Waals surface area contributed by atoms with E-state index >= 15 is 0 Å². The van der Waals surface area contributed by atoms with Crippen LogP contribution in [0.2, 0.25) is 0 Å². The normalized spacial score (nSPS) is 16.1. The maximum Gasteiger partial charge on any atom is 0.237 e. The van der Waals surface area contributed by atoms with Crippen molar-refractivity contribution in [3.05, 3.63) is 47.9 Å². The van der Waals surface area contributed by atoms with E-state index in [4.69, 9.17) is 4.42 Å². The van der Waals surface area contributed by atoms with Crippen molar-refractivity contribution in [2.24, 2.45) is 7.05 Å². The van der Waals surface area contributed by atoms with Gasteiger partial charge in [-0.3, -0.25) is 4.79 Å². The molecule has 2 aromatic heterocycles. The molecule has 0 N–H and O–H groups in total. The minimum Gasteiger partial charge on any atom is -0.469 e. The van der Waals surface area contributed by atoms with E-state index in [-0.39, 0.29) is 11.9 Å². The van der Waals surface area contributed by atoms with E-state index in [0.717, 1.165) is 29.3 Å². The number of para-hydroxylation sites is 1. The zero-order valence-corrected chi connectivity index (χ0v) is 15.8. The van der Waals surface area contributed by atoms with Gasteiger partial charge >= 0.3 is 0 Å². The number of benzene rings is 1. The largest absolute Gasteiger partial charge is 0.469 e. The van der Waals surface area contributed by atoms with E-state index in [1.807, 2.05) is 47.7 Å². The third-order valence-corrected chi connectivity index (χ3v) is 5.74. The highest BCUT2D eigenvalue weighted by Gasteiger charge is 2.30. The predicted molar refractivity (Wildman–Crippen MR) is 101 cm³/mol. The molecule has 26 heavy (non-hydrogen) atoms. The van der Waals surface area contributed by atoms with Gasteiger partial charge < -0.3 is 13.9 Å². The first-order valence-corrected chi connectivity index (χ1v) is 9.51. The van der Waals surface area contributed by atoms with Gasteiger partial charge in [0.1, 0.15) is 5.76 Å². The van der Waals surface area contributed by atoms with Crippen LogP contribution in [0, 0.1) is 6.92 Å². The Balaban J connectivity index is 1.49. The molecule has 6 nitrogen and oxygen atoms in total. The van der Waals surface area contributed by atoms with Gasteiger partial charge in [0.25, 0.3) is 0 Å². The summed E-state index contributed by atoms with van der Waals surface area (Å²) >= 11 is 1.41. The molecule has 0 spiro atoms. The maximum absolute atomic E-state index is 12.8. The van der Waals surface area contributed by atoms with Crippen molar-refractivity contribution >= 4 is 23.4 Å². The number of carbonyl (C=O) groups excluding carboxylic acids is 1. The minimum absolute atomic E-state index is 0.0940. The van der Waals surface area contributed by atoms with Crippen molar-refractivity contribution in [1.82, 2.24) is 14.8 Å². The molecular formula is C19H20N4O2S. The molecule has 0 bridgehead atoms. The molecule has 134 valence electrons. The summed E-state index contributed by atoms with van der Waals surface area (Å²) in [6.45, 7) is 3.98. The molecule has 1 aliphatic heterocycles. The Hall–Kier alpha value is -2.54. The van der Waals surface area contributed by atoms with Gasteiger partial charge in [-0.25, -0.2) is 0 Å². The van der Waals surface area contributed by atoms with Gasteiger partial charge in [0.2, 0.25) is 5.91 Å².